The van der Waals surface area contributed by atoms with Crippen LogP contribution < -0.4 is 4.72 Å². The number of carbonyl (C=O) groups excluding carboxylic acids is 1. The summed E-state index contributed by atoms with van der Waals surface area (Å²) in [6.45, 7) is 3.05. The van der Waals surface area contributed by atoms with Crippen LogP contribution >= 0.6 is 0 Å². The van der Waals surface area contributed by atoms with E-state index in [2.05, 4.69) is 4.72 Å². The van der Waals surface area contributed by atoms with Crippen LogP contribution in [0.4, 0.5) is 5.69 Å². The zero-order chi connectivity index (χ0) is 17.9. The van der Waals surface area contributed by atoms with E-state index in [1.165, 1.54) is 31.2 Å². The topological polar surface area (TPSA) is 101 Å². The third-order valence-electron chi connectivity index (χ3n) is 3.44. The first-order chi connectivity index (χ1) is 11.2. The maximum atomic E-state index is 12.2. The minimum atomic E-state index is -3.65. The van der Waals surface area contributed by atoms with Crippen LogP contribution in [0.25, 0.3) is 0 Å². The predicted octanol–water partition coefficient (Wildman–Crippen LogP) is 2.84. The Balaban J connectivity index is 2.15. The van der Waals surface area contributed by atoms with Crippen LogP contribution in [0.1, 0.15) is 38.8 Å². The molecule has 2 aromatic rings. The second kappa shape index (κ2) is 6.84. The van der Waals surface area contributed by atoms with Crippen molar-refractivity contribution in [3.63, 3.8) is 0 Å². The molecule has 0 radical (unpaired) electrons. The fourth-order valence-electron chi connectivity index (χ4n) is 2.26. The van der Waals surface area contributed by atoms with Gasteiger partial charge < -0.3 is 5.11 Å². The molecule has 126 valence electrons. The molecule has 6 nitrogen and oxygen atoms in total. The van der Waals surface area contributed by atoms with Crippen LogP contribution in [-0.2, 0) is 15.8 Å². The maximum Gasteiger partial charge on any atom is 0.335 e. The van der Waals surface area contributed by atoms with Gasteiger partial charge in [0.15, 0.2) is 5.78 Å². The third-order valence-corrected chi connectivity index (χ3v) is 4.70. The van der Waals surface area contributed by atoms with Gasteiger partial charge in [0.05, 0.1) is 11.3 Å². The minimum absolute atomic E-state index is 0.0987. The van der Waals surface area contributed by atoms with Crippen molar-refractivity contribution in [3.8, 4) is 0 Å². The molecular weight excluding hydrogens is 330 g/mol. The molecule has 0 bridgehead atoms. The number of carboxylic acids is 1. The molecule has 0 aliphatic carbocycles. The molecule has 0 aliphatic heterocycles. The van der Waals surface area contributed by atoms with Crippen molar-refractivity contribution in [3.05, 3.63) is 64.7 Å². The Kier molecular flexibility index (Phi) is 5.04. The Morgan fingerprint density at radius 3 is 2.21 bits per heavy atom. The highest BCUT2D eigenvalue weighted by Crippen LogP contribution is 2.17. The van der Waals surface area contributed by atoms with Crippen LogP contribution in [0, 0.1) is 6.92 Å². The minimum Gasteiger partial charge on any atom is -0.478 e. The van der Waals surface area contributed by atoms with Gasteiger partial charge in [-0.1, -0.05) is 12.1 Å². The number of rotatable bonds is 6. The average molecular weight is 347 g/mol. The van der Waals surface area contributed by atoms with Gasteiger partial charge in [-0.2, -0.15) is 0 Å². The average Bonchev–Trinajstić information content (AvgIpc) is 2.46. The number of nitrogens with one attached hydrogen (secondary N) is 1. The standard InChI is InChI=1S/C17H17NO5S/c1-11-9-13(3-8-16(11)17(20)21)10-24(22,23)18-15-6-4-14(5-7-15)12(2)19/h3-9,18H,10H2,1-2H3,(H,20,21). The molecule has 0 aliphatic rings. The lowest BCUT2D eigenvalue weighted by Crippen LogP contribution is -2.15. The summed E-state index contributed by atoms with van der Waals surface area (Å²) in [5, 5.41) is 8.99. The Hall–Kier alpha value is -2.67. The van der Waals surface area contributed by atoms with E-state index in [-0.39, 0.29) is 17.1 Å². The first kappa shape index (κ1) is 17.7. The van der Waals surface area contributed by atoms with Crippen molar-refractivity contribution in [1.82, 2.24) is 0 Å². The van der Waals surface area contributed by atoms with E-state index in [4.69, 9.17) is 5.11 Å². The van der Waals surface area contributed by atoms with E-state index in [1.54, 1.807) is 25.1 Å². The van der Waals surface area contributed by atoms with Gasteiger partial charge in [-0.25, -0.2) is 13.2 Å². The van der Waals surface area contributed by atoms with Crippen molar-refractivity contribution in [2.75, 3.05) is 4.72 Å². The zero-order valence-corrected chi connectivity index (χ0v) is 14.1. The highest BCUT2D eigenvalue weighted by molar-refractivity contribution is 7.91. The highest BCUT2D eigenvalue weighted by atomic mass is 32.2. The van der Waals surface area contributed by atoms with Crippen LogP contribution in [0.2, 0.25) is 0 Å². The molecule has 2 N–H and O–H groups in total. The molecule has 0 unspecified atom stereocenters. The van der Waals surface area contributed by atoms with E-state index in [0.29, 0.717) is 22.4 Å². The molecule has 7 heteroatoms. The summed E-state index contributed by atoms with van der Waals surface area (Å²) in [6, 6.07) is 10.6. The number of carbonyl (C=O) groups is 2. The zero-order valence-electron chi connectivity index (χ0n) is 13.2. The van der Waals surface area contributed by atoms with Crippen molar-refractivity contribution in [2.24, 2.45) is 0 Å². The summed E-state index contributed by atoms with van der Waals surface area (Å²) in [6.07, 6.45) is 0. The lowest BCUT2D eigenvalue weighted by molar-refractivity contribution is 0.0696. The largest absolute Gasteiger partial charge is 0.478 e. The van der Waals surface area contributed by atoms with Gasteiger partial charge in [0.1, 0.15) is 0 Å². The number of anilines is 1. The Morgan fingerprint density at radius 2 is 1.71 bits per heavy atom. The van der Waals surface area contributed by atoms with Crippen LogP contribution in [0.5, 0.6) is 0 Å². The number of sulfonamides is 1. The second-order valence-electron chi connectivity index (χ2n) is 5.45. The van der Waals surface area contributed by atoms with Gasteiger partial charge >= 0.3 is 5.97 Å². The number of Topliss-reactive ketones (excluding diaryl/α,β-unsaturated/α-hetero) is 1. The summed E-state index contributed by atoms with van der Waals surface area (Å²) in [4.78, 5) is 22.2. The maximum absolute atomic E-state index is 12.2. The molecule has 2 rings (SSSR count). The smallest absolute Gasteiger partial charge is 0.335 e. The van der Waals surface area contributed by atoms with Crippen molar-refractivity contribution >= 4 is 27.5 Å². The second-order valence-corrected chi connectivity index (χ2v) is 7.17. The van der Waals surface area contributed by atoms with E-state index >= 15 is 0 Å². The van der Waals surface area contributed by atoms with Crippen LogP contribution in [0.3, 0.4) is 0 Å². The van der Waals surface area contributed by atoms with Gasteiger partial charge in [-0.05, 0) is 55.3 Å². The van der Waals surface area contributed by atoms with E-state index in [1.807, 2.05) is 0 Å². The lowest BCUT2D eigenvalue weighted by Gasteiger charge is -2.10. The molecule has 0 atom stereocenters. The molecule has 0 saturated carbocycles. The molecule has 0 spiro atoms. The van der Waals surface area contributed by atoms with Gasteiger partial charge in [-0.3, -0.25) is 9.52 Å². The molecular formula is C17H17NO5S. The predicted molar refractivity (Wildman–Crippen MR) is 90.8 cm³/mol. The van der Waals surface area contributed by atoms with Crippen LogP contribution in [0.15, 0.2) is 42.5 Å². The fourth-order valence-corrected chi connectivity index (χ4v) is 3.45. The summed E-state index contributed by atoms with van der Waals surface area (Å²) in [5.74, 6) is -1.42. The van der Waals surface area contributed by atoms with E-state index in [9.17, 15) is 18.0 Å². The van der Waals surface area contributed by atoms with E-state index in [0.717, 1.165) is 0 Å². The Bertz CT molecular complexity index is 886. The van der Waals surface area contributed by atoms with Crippen molar-refractivity contribution < 1.29 is 23.1 Å². The lowest BCUT2D eigenvalue weighted by atomic mass is 10.1. The summed E-state index contributed by atoms with van der Waals surface area (Å²) in [5.41, 5.74) is 1.99. The molecule has 24 heavy (non-hydrogen) atoms. The van der Waals surface area contributed by atoms with Gasteiger partial charge in [-0.15, -0.1) is 0 Å². The van der Waals surface area contributed by atoms with E-state index < -0.39 is 16.0 Å². The molecule has 0 fully saturated rings. The molecule has 0 heterocycles. The summed E-state index contributed by atoms with van der Waals surface area (Å²) in [7, 11) is -3.65. The monoisotopic (exact) mass is 347 g/mol. The third kappa shape index (κ3) is 4.42. The summed E-state index contributed by atoms with van der Waals surface area (Å²) < 4.78 is 26.9. The summed E-state index contributed by atoms with van der Waals surface area (Å²) >= 11 is 0. The Morgan fingerprint density at radius 1 is 1.08 bits per heavy atom. The molecule has 0 aromatic heterocycles. The SMILES string of the molecule is CC(=O)c1ccc(NS(=O)(=O)Cc2ccc(C(=O)O)c(C)c2)cc1. The van der Waals surface area contributed by atoms with Gasteiger partial charge in [0.25, 0.3) is 0 Å². The number of aromatic carboxylic acids is 1. The highest BCUT2D eigenvalue weighted by Gasteiger charge is 2.14. The van der Waals surface area contributed by atoms with Gasteiger partial charge in [0.2, 0.25) is 10.0 Å². The molecule has 2 aromatic carbocycles. The number of hydrogen-bond donors (Lipinski definition) is 2. The first-order valence-electron chi connectivity index (χ1n) is 7.12. The fraction of sp³-hybridized carbons (Fsp3) is 0.176. The number of carboxylic acid groups (broad SMARTS) is 1. The molecule has 0 saturated heterocycles. The Labute approximate surface area is 140 Å². The quantitative estimate of drug-likeness (QED) is 0.783. The van der Waals surface area contributed by atoms with Crippen LogP contribution in [-0.4, -0.2) is 25.3 Å². The molecule has 0 amide bonds. The number of ketones is 1. The number of benzene rings is 2. The number of hydrogen-bond acceptors (Lipinski definition) is 4. The normalized spacial score (nSPS) is 11.1. The van der Waals surface area contributed by atoms with Gasteiger partial charge in [0, 0.05) is 11.3 Å². The first-order valence-corrected chi connectivity index (χ1v) is 8.77. The number of aryl methyl sites for hydroxylation is 1. The van der Waals surface area contributed by atoms with Crippen molar-refractivity contribution in [1.29, 1.82) is 0 Å². The van der Waals surface area contributed by atoms with Crippen molar-refractivity contribution in [2.45, 2.75) is 19.6 Å².